The third-order valence-corrected chi connectivity index (χ3v) is 7.38. The molecule has 0 aromatic heterocycles. The van der Waals surface area contributed by atoms with E-state index < -0.39 is 17.9 Å². The van der Waals surface area contributed by atoms with Gasteiger partial charge in [0.1, 0.15) is 12.4 Å². The summed E-state index contributed by atoms with van der Waals surface area (Å²) >= 11 is 15.2. The highest BCUT2D eigenvalue weighted by atomic mass is 79.9. The molecular formula is C31H27BrClN5O5S. The Bertz CT molecular complexity index is 1670. The summed E-state index contributed by atoms with van der Waals surface area (Å²) in [6.07, 6.45) is 1.43. The number of esters is 1. The van der Waals surface area contributed by atoms with E-state index >= 15 is 0 Å². The van der Waals surface area contributed by atoms with Crippen LogP contribution >= 0.6 is 39.7 Å². The molecule has 0 fully saturated rings. The fourth-order valence-corrected chi connectivity index (χ4v) is 5.57. The average Bonchev–Trinajstić information content (AvgIpc) is 2.99. The lowest BCUT2D eigenvalue weighted by atomic mass is 9.95. The van der Waals surface area contributed by atoms with E-state index in [-0.39, 0.29) is 19.8 Å². The van der Waals surface area contributed by atoms with E-state index in [9.17, 15) is 14.9 Å². The van der Waals surface area contributed by atoms with E-state index in [1.807, 2.05) is 12.1 Å². The van der Waals surface area contributed by atoms with Crippen molar-refractivity contribution < 1.29 is 23.8 Å². The van der Waals surface area contributed by atoms with E-state index in [2.05, 4.69) is 43.2 Å². The predicted molar refractivity (Wildman–Crippen MR) is 173 cm³/mol. The van der Waals surface area contributed by atoms with Crippen molar-refractivity contribution in [1.29, 1.82) is 5.26 Å². The molecule has 1 aliphatic heterocycles. The van der Waals surface area contributed by atoms with Crippen LogP contribution in [0.5, 0.6) is 11.5 Å². The fraction of sp³-hybridized carbons (Fsp3) is 0.194. The number of carbonyl (C=O) groups is 2. The summed E-state index contributed by atoms with van der Waals surface area (Å²) in [6.45, 7) is 3.50. The van der Waals surface area contributed by atoms with Gasteiger partial charge in [-0.1, -0.05) is 48.0 Å². The van der Waals surface area contributed by atoms with Gasteiger partial charge in [-0.15, -0.1) is 0 Å². The van der Waals surface area contributed by atoms with Gasteiger partial charge in [-0.25, -0.2) is 10.2 Å². The van der Waals surface area contributed by atoms with E-state index in [0.29, 0.717) is 54.1 Å². The molecule has 0 saturated heterocycles. The molecule has 0 saturated carbocycles. The molecule has 44 heavy (non-hydrogen) atoms. The molecule has 3 N–H and O–H groups in total. The van der Waals surface area contributed by atoms with Crippen molar-refractivity contribution in [3.8, 4) is 17.6 Å². The van der Waals surface area contributed by atoms with Crippen LogP contribution in [-0.2, 0) is 20.9 Å². The van der Waals surface area contributed by atoms with Crippen molar-refractivity contribution in [3.63, 3.8) is 0 Å². The molecular weight excluding hydrogens is 670 g/mol. The summed E-state index contributed by atoms with van der Waals surface area (Å²) < 4.78 is 17.5. The van der Waals surface area contributed by atoms with E-state index in [4.69, 9.17) is 38.0 Å². The van der Waals surface area contributed by atoms with Crippen molar-refractivity contribution in [2.24, 2.45) is 5.10 Å². The van der Waals surface area contributed by atoms with Crippen molar-refractivity contribution in [1.82, 2.24) is 16.1 Å². The molecule has 0 radical (unpaired) electrons. The molecule has 1 heterocycles. The maximum absolute atomic E-state index is 12.7. The quantitative estimate of drug-likeness (QED) is 0.104. The van der Waals surface area contributed by atoms with Gasteiger partial charge in [-0.3, -0.25) is 4.79 Å². The van der Waals surface area contributed by atoms with E-state index in [1.54, 1.807) is 62.4 Å². The number of ether oxygens (including phenoxy) is 3. The lowest BCUT2D eigenvalue weighted by Gasteiger charge is -2.30. The van der Waals surface area contributed by atoms with Crippen LogP contribution in [0.4, 0.5) is 0 Å². The van der Waals surface area contributed by atoms with Gasteiger partial charge >= 0.3 is 5.97 Å². The number of nitrogens with zero attached hydrogens (tertiary/aromatic N) is 2. The van der Waals surface area contributed by atoms with E-state index in [0.717, 1.165) is 5.56 Å². The summed E-state index contributed by atoms with van der Waals surface area (Å²) in [7, 11) is 0. The first-order chi connectivity index (χ1) is 21.2. The second-order valence-corrected chi connectivity index (χ2v) is 11.0. The molecule has 10 nitrogen and oxygen atoms in total. The van der Waals surface area contributed by atoms with Crippen molar-refractivity contribution in [3.05, 3.63) is 104 Å². The first kappa shape index (κ1) is 32.5. The number of thiocarbonyl (C=S) groups is 1. The normalized spacial score (nSPS) is 14.3. The Morgan fingerprint density at radius 3 is 2.68 bits per heavy atom. The van der Waals surface area contributed by atoms with Crippen LogP contribution in [0.3, 0.4) is 0 Å². The van der Waals surface area contributed by atoms with Crippen LogP contribution in [-0.4, -0.2) is 36.4 Å². The number of amides is 1. The highest BCUT2D eigenvalue weighted by Crippen LogP contribution is 2.35. The molecule has 3 aromatic rings. The minimum atomic E-state index is -0.642. The van der Waals surface area contributed by atoms with Crippen LogP contribution in [0.1, 0.15) is 42.1 Å². The molecule has 3 aromatic carbocycles. The molecule has 4 rings (SSSR count). The zero-order valence-corrected chi connectivity index (χ0v) is 26.8. The average molecular weight is 697 g/mol. The largest absolute Gasteiger partial charge is 0.486 e. The van der Waals surface area contributed by atoms with Crippen molar-refractivity contribution >= 4 is 63.0 Å². The number of nitriles is 1. The predicted octanol–water partition coefficient (Wildman–Crippen LogP) is 5.44. The zero-order chi connectivity index (χ0) is 31.6. The topological polar surface area (TPSA) is 134 Å². The number of nitrogens with one attached hydrogen (secondary N) is 3. The van der Waals surface area contributed by atoms with E-state index in [1.165, 1.54) is 6.21 Å². The summed E-state index contributed by atoms with van der Waals surface area (Å²) in [5.41, 5.74) is 5.81. The Hall–Kier alpha value is -4.44. The number of hydrazone groups is 1. The van der Waals surface area contributed by atoms with Crippen LogP contribution in [0.15, 0.2) is 81.5 Å². The summed E-state index contributed by atoms with van der Waals surface area (Å²) in [5.74, 6) is -0.210. The highest BCUT2D eigenvalue weighted by molar-refractivity contribution is 9.10. The maximum atomic E-state index is 12.7. The fourth-order valence-electron chi connectivity index (χ4n) is 4.31. The summed E-state index contributed by atoms with van der Waals surface area (Å²) in [6, 6.07) is 19.0. The Balaban J connectivity index is 1.38. The molecule has 1 aliphatic rings. The molecule has 13 heteroatoms. The van der Waals surface area contributed by atoms with Crippen LogP contribution in [0.25, 0.3) is 0 Å². The smallest absolute Gasteiger partial charge is 0.338 e. The van der Waals surface area contributed by atoms with Crippen LogP contribution in [0, 0.1) is 11.3 Å². The first-order valence-corrected chi connectivity index (χ1v) is 14.9. The third-order valence-electron chi connectivity index (χ3n) is 6.29. The van der Waals surface area contributed by atoms with Gasteiger partial charge in [-0.05, 0) is 71.8 Å². The SMILES string of the molecule is CCOC(=O)C1=C(C)NC(=S)N[C@@H]1c1ccccc1OCC(=O)NN=Cc1cc(Cl)c(OCc2ccccc2C#N)c(Br)c1. The number of carbonyl (C=O) groups excluding carboxylic acids is 2. The molecule has 1 atom stereocenters. The number of benzene rings is 3. The maximum Gasteiger partial charge on any atom is 0.338 e. The zero-order valence-electron chi connectivity index (χ0n) is 23.6. The van der Waals surface area contributed by atoms with Gasteiger partial charge < -0.3 is 24.8 Å². The van der Waals surface area contributed by atoms with Gasteiger partial charge in [0.05, 0.1) is 45.6 Å². The number of rotatable bonds is 11. The van der Waals surface area contributed by atoms with Gasteiger partial charge in [0, 0.05) is 16.8 Å². The van der Waals surface area contributed by atoms with Crippen LogP contribution in [0.2, 0.25) is 5.02 Å². The number of hydrogen-bond acceptors (Lipinski definition) is 8. The molecule has 0 unspecified atom stereocenters. The Labute approximate surface area is 273 Å². The van der Waals surface area contributed by atoms with Crippen LogP contribution < -0.4 is 25.5 Å². The standard InChI is InChI=1S/C31H27BrClN5O5S/c1-3-41-30(40)27-18(2)36-31(44)37-28(27)22-10-6-7-11-25(22)42-17-26(39)38-35-15-19-12-23(32)29(24(33)13-19)43-16-21-9-5-4-8-20(21)14-34/h4-13,15,28H,3,16-17H2,1-2H3,(H,38,39)(H2,36,37,44)/t28-/m1/s1. The second-order valence-electron chi connectivity index (χ2n) is 9.28. The minimum Gasteiger partial charge on any atom is -0.486 e. The Morgan fingerprint density at radius 2 is 1.93 bits per heavy atom. The van der Waals surface area contributed by atoms with Crippen molar-refractivity contribution in [2.75, 3.05) is 13.2 Å². The second kappa shape index (κ2) is 15.3. The molecule has 0 aliphatic carbocycles. The highest BCUT2D eigenvalue weighted by Gasteiger charge is 2.32. The summed E-state index contributed by atoms with van der Waals surface area (Å²) in [4.78, 5) is 25.3. The van der Waals surface area contributed by atoms with Crippen molar-refractivity contribution in [2.45, 2.75) is 26.5 Å². The Kier molecular flexibility index (Phi) is 11.3. The molecule has 1 amide bonds. The number of hydrogen-bond donors (Lipinski definition) is 3. The number of para-hydroxylation sites is 1. The van der Waals surface area contributed by atoms with Gasteiger partial charge in [0.15, 0.2) is 17.5 Å². The van der Waals surface area contributed by atoms with Gasteiger partial charge in [0.25, 0.3) is 5.91 Å². The molecule has 226 valence electrons. The lowest BCUT2D eigenvalue weighted by Crippen LogP contribution is -2.45. The lowest BCUT2D eigenvalue weighted by molar-refractivity contribution is -0.139. The third kappa shape index (κ3) is 8.13. The molecule has 0 spiro atoms. The molecule has 0 bridgehead atoms. The Morgan fingerprint density at radius 1 is 1.18 bits per heavy atom. The van der Waals surface area contributed by atoms with Gasteiger partial charge in [0.2, 0.25) is 0 Å². The van der Waals surface area contributed by atoms with Gasteiger partial charge in [-0.2, -0.15) is 10.4 Å². The first-order valence-electron chi connectivity index (χ1n) is 13.3. The monoisotopic (exact) mass is 695 g/mol. The number of halogens is 2. The minimum absolute atomic E-state index is 0.162. The number of allylic oxidation sites excluding steroid dienone is 1. The summed E-state index contributed by atoms with van der Waals surface area (Å²) in [5, 5.41) is 20.0.